The molecule has 168 valence electrons. The summed E-state index contributed by atoms with van der Waals surface area (Å²) < 4.78 is 16.0. The van der Waals surface area contributed by atoms with Gasteiger partial charge in [-0.25, -0.2) is 4.79 Å². The van der Waals surface area contributed by atoms with Gasteiger partial charge in [-0.3, -0.25) is 10.3 Å². The molecule has 0 radical (unpaired) electrons. The maximum atomic E-state index is 11.3. The molecule has 0 aromatic heterocycles. The van der Waals surface area contributed by atoms with Crippen molar-refractivity contribution in [1.82, 2.24) is 10.6 Å². The average Bonchev–Trinajstić information content (AvgIpc) is 2.78. The molecule has 8 nitrogen and oxygen atoms in total. The van der Waals surface area contributed by atoms with Gasteiger partial charge in [-0.15, -0.1) is 0 Å². The first-order valence-corrected chi connectivity index (χ1v) is 10.3. The van der Waals surface area contributed by atoms with Crippen LogP contribution >= 0.6 is 0 Å². The SMILES string of the molecule is CCOc1ccc(C(C)NC(=NC)NCc2ccc(NC(=O)OC)cc2)cc1OCC. The quantitative estimate of drug-likeness (QED) is 0.412. The molecule has 0 aliphatic heterocycles. The summed E-state index contributed by atoms with van der Waals surface area (Å²) >= 11 is 0. The van der Waals surface area contributed by atoms with Crippen LogP contribution in [-0.2, 0) is 11.3 Å². The van der Waals surface area contributed by atoms with E-state index in [2.05, 4.69) is 32.6 Å². The molecule has 8 heteroatoms. The van der Waals surface area contributed by atoms with E-state index in [1.807, 2.05) is 56.3 Å². The zero-order valence-electron chi connectivity index (χ0n) is 18.8. The standard InChI is InChI=1S/C23H32N4O4/c1-6-30-20-13-10-18(14-21(20)31-7-2)16(3)26-22(24-4)25-15-17-8-11-19(12-9-17)27-23(28)29-5/h8-14,16H,6-7,15H2,1-5H3,(H,27,28)(H2,24,25,26). The average molecular weight is 429 g/mol. The molecular formula is C23H32N4O4. The molecule has 0 saturated heterocycles. The minimum Gasteiger partial charge on any atom is -0.490 e. The van der Waals surface area contributed by atoms with Gasteiger partial charge in [0.05, 0.1) is 26.4 Å². The van der Waals surface area contributed by atoms with Crippen molar-refractivity contribution in [2.75, 3.05) is 32.7 Å². The Balaban J connectivity index is 1.96. The highest BCUT2D eigenvalue weighted by Gasteiger charge is 2.12. The van der Waals surface area contributed by atoms with Gasteiger partial charge in [0.2, 0.25) is 0 Å². The third-order valence-corrected chi connectivity index (χ3v) is 4.49. The van der Waals surface area contributed by atoms with Crippen LogP contribution in [0, 0.1) is 0 Å². The Hall–Kier alpha value is -3.42. The lowest BCUT2D eigenvalue weighted by Gasteiger charge is -2.20. The van der Waals surface area contributed by atoms with Gasteiger partial charge in [0, 0.05) is 19.3 Å². The zero-order valence-corrected chi connectivity index (χ0v) is 18.8. The number of carbonyl (C=O) groups excluding carboxylic acids is 1. The first kappa shape index (κ1) is 23.9. The predicted molar refractivity (Wildman–Crippen MR) is 123 cm³/mol. The number of amides is 1. The molecule has 1 atom stereocenters. The van der Waals surface area contributed by atoms with Crippen molar-refractivity contribution in [2.24, 2.45) is 4.99 Å². The summed E-state index contributed by atoms with van der Waals surface area (Å²) in [5.41, 5.74) is 2.78. The van der Waals surface area contributed by atoms with E-state index < -0.39 is 6.09 Å². The minimum atomic E-state index is -0.494. The maximum absolute atomic E-state index is 11.3. The van der Waals surface area contributed by atoms with Crippen LogP contribution in [0.4, 0.5) is 10.5 Å². The number of nitrogens with zero attached hydrogens (tertiary/aromatic N) is 1. The Labute approximate surface area is 184 Å². The molecule has 0 heterocycles. The smallest absolute Gasteiger partial charge is 0.411 e. The van der Waals surface area contributed by atoms with Crippen LogP contribution in [0.1, 0.15) is 37.9 Å². The molecule has 0 spiro atoms. The number of methoxy groups -OCH3 is 1. The van der Waals surface area contributed by atoms with Gasteiger partial charge in [-0.05, 0) is 56.2 Å². The Bertz CT molecular complexity index is 868. The summed E-state index contributed by atoms with van der Waals surface area (Å²) in [6, 6.07) is 13.4. The van der Waals surface area contributed by atoms with Crippen LogP contribution < -0.4 is 25.4 Å². The lowest BCUT2D eigenvalue weighted by atomic mass is 10.1. The van der Waals surface area contributed by atoms with Crippen molar-refractivity contribution in [3.63, 3.8) is 0 Å². The van der Waals surface area contributed by atoms with Crippen molar-refractivity contribution in [3.05, 3.63) is 53.6 Å². The Morgan fingerprint density at radius 3 is 2.32 bits per heavy atom. The summed E-state index contributed by atoms with van der Waals surface area (Å²) in [4.78, 5) is 15.6. The number of ether oxygens (including phenoxy) is 3. The molecule has 1 amide bonds. The molecule has 0 aliphatic rings. The van der Waals surface area contributed by atoms with Crippen molar-refractivity contribution in [3.8, 4) is 11.5 Å². The number of aliphatic imine (C=N–C) groups is 1. The molecule has 1 unspecified atom stereocenters. The normalized spacial score (nSPS) is 12.0. The fourth-order valence-corrected chi connectivity index (χ4v) is 2.88. The van der Waals surface area contributed by atoms with E-state index in [0.29, 0.717) is 31.4 Å². The van der Waals surface area contributed by atoms with Crippen molar-refractivity contribution in [1.29, 1.82) is 0 Å². The van der Waals surface area contributed by atoms with Crippen molar-refractivity contribution < 1.29 is 19.0 Å². The minimum absolute atomic E-state index is 0.00714. The molecule has 0 saturated carbocycles. The Morgan fingerprint density at radius 2 is 1.71 bits per heavy atom. The molecule has 2 aromatic rings. The lowest BCUT2D eigenvalue weighted by Crippen LogP contribution is -2.38. The summed E-state index contributed by atoms with van der Waals surface area (Å²) in [6.07, 6.45) is -0.494. The van der Waals surface area contributed by atoms with Gasteiger partial charge >= 0.3 is 6.09 Å². The van der Waals surface area contributed by atoms with Crippen LogP contribution in [0.3, 0.4) is 0 Å². The summed E-state index contributed by atoms with van der Waals surface area (Å²) in [6.45, 7) is 7.70. The second-order valence-electron chi connectivity index (χ2n) is 6.68. The van der Waals surface area contributed by atoms with Crippen molar-refractivity contribution in [2.45, 2.75) is 33.4 Å². The Morgan fingerprint density at radius 1 is 1.03 bits per heavy atom. The van der Waals surface area contributed by atoms with Crippen LogP contribution in [-0.4, -0.2) is 39.4 Å². The van der Waals surface area contributed by atoms with E-state index in [-0.39, 0.29) is 6.04 Å². The second-order valence-corrected chi connectivity index (χ2v) is 6.68. The van der Waals surface area contributed by atoms with Crippen LogP contribution in [0.15, 0.2) is 47.5 Å². The highest BCUT2D eigenvalue weighted by molar-refractivity contribution is 5.84. The van der Waals surface area contributed by atoms with E-state index in [0.717, 1.165) is 22.6 Å². The largest absolute Gasteiger partial charge is 0.490 e. The first-order valence-electron chi connectivity index (χ1n) is 10.3. The van der Waals surface area contributed by atoms with E-state index in [4.69, 9.17) is 9.47 Å². The predicted octanol–water partition coefficient (Wildman–Crippen LogP) is 4.09. The van der Waals surface area contributed by atoms with Crippen molar-refractivity contribution >= 4 is 17.7 Å². The van der Waals surface area contributed by atoms with Gasteiger partial charge in [0.25, 0.3) is 0 Å². The van der Waals surface area contributed by atoms with Crippen LogP contribution in [0.25, 0.3) is 0 Å². The Kier molecular flexibility index (Phi) is 9.48. The number of nitrogens with one attached hydrogen (secondary N) is 3. The molecule has 2 rings (SSSR count). The van der Waals surface area contributed by atoms with Crippen LogP contribution in [0.5, 0.6) is 11.5 Å². The molecule has 0 bridgehead atoms. The number of benzene rings is 2. The highest BCUT2D eigenvalue weighted by atomic mass is 16.5. The van der Waals surface area contributed by atoms with E-state index >= 15 is 0 Å². The number of carbonyl (C=O) groups is 1. The van der Waals surface area contributed by atoms with E-state index in [1.54, 1.807) is 7.05 Å². The van der Waals surface area contributed by atoms with Gasteiger partial charge in [0.1, 0.15) is 0 Å². The van der Waals surface area contributed by atoms with E-state index in [1.165, 1.54) is 7.11 Å². The lowest BCUT2D eigenvalue weighted by molar-refractivity contribution is 0.187. The summed E-state index contributed by atoms with van der Waals surface area (Å²) in [5, 5.41) is 9.32. The molecule has 31 heavy (non-hydrogen) atoms. The van der Waals surface area contributed by atoms with Crippen LogP contribution in [0.2, 0.25) is 0 Å². The van der Waals surface area contributed by atoms with E-state index in [9.17, 15) is 4.79 Å². The fraction of sp³-hybridized carbons (Fsp3) is 0.391. The number of guanidine groups is 1. The van der Waals surface area contributed by atoms with Gasteiger partial charge in [0.15, 0.2) is 17.5 Å². The topological polar surface area (TPSA) is 93.2 Å². The number of anilines is 1. The number of hydrogen-bond acceptors (Lipinski definition) is 5. The fourth-order valence-electron chi connectivity index (χ4n) is 2.88. The molecule has 0 aliphatic carbocycles. The number of rotatable bonds is 9. The highest BCUT2D eigenvalue weighted by Crippen LogP contribution is 2.30. The first-order chi connectivity index (χ1) is 15.0. The molecular weight excluding hydrogens is 396 g/mol. The van der Waals surface area contributed by atoms with Gasteiger partial charge < -0.3 is 24.8 Å². The third-order valence-electron chi connectivity index (χ3n) is 4.49. The molecule has 2 aromatic carbocycles. The third kappa shape index (κ3) is 7.40. The zero-order chi connectivity index (χ0) is 22.6. The van der Waals surface area contributed by atoms with Gasteiger partial charge in [-0.1, -0.05) is 18.2 Å². The summed E-state index contributed by atoms with van der Waals surface area (Å²) in [5.74, 6) is 2.16. The monoisotopic (exact) mass is 428 g/mol. The molecule has 3 N–H and O–H groups in total. The summed E-state index contributed by atoms with van der Waals surface area (Å²) in [7, 11) is 3.06. The van der Waals surface area contributed by atoms with Gasteiger partial charge in [-0.2, -0.15) is 0 Å². The maximum Gasteiger partial charge on any atom is 0.411 e. The number of hydrogen-bond donors (Lipinski definition) is 3. The second kappa shape index (κ2) is 12.3. The molecule has 0 fully saturated rings.